The number of ether oxygens (including phenoxy) is 2. The first-order valence-electron chi connectivity index (χ1n) is 8.58. The van der Waals surface area contributed by atoms with Crippen molar-refractivity contribution in [2.75, 3.05) is 20.2 Å². The van der Waals surface area contributed by atoms with Gasteiger partial charge in [-0.1, -0.05) is 18.2 Å². The molecule has 26 heavy (non-hydrogen) atoms. The number of fused-ring (bicyclic) bond motifs is 1. The molecule has 6 heteroatoms. The summed E-state index contributed by atoms with van der Waals surface area (Å²) in [5.41, 5.74) is 1.25. The summed E-state index contributed by atoms with van der Waals surface area (Å²) < 4.78 is 11.2. The molecule has 2 aromatic carbocycles. The minimum absolute atomic E-state index is 0.0795. The molecule has 2 aliphatic heterocycles. The number of hydrogen-bond acceptors (Lipinski definition) is 4. The predicted octanol–water partition coefficient (Wildman–Crippen LogP) is 2.20. The number of carbonyl (C=O) groups is 2. The quantitative estimate of drug-likeness (QED) is 0.900. The molecule has 2 aromatic rings. The molecule has 0 saturated carbocycles. The molecule has 2 amide bonds. The highest BCUT2D eigenvalue weighted by Crippen LogP contribution is 2.29. The van der Waals surface area contributed by atoms with E-state index < -0.39 is 5.72 Å². The molecule has 4 rings (SSSR count). The highest BCUT2D eigenvalue weighted by molar-refractivity contribution is 5.97. The number of nitrogens with one attached hydrogen (secondary N) is 1. The molecule has 0 aliphatic carbocycles. The molecule has 1 atom stereocenters. The first-order chi connectivity index (χ1) is 12.6. The van der Waals surface area contributed by atoms with Crippen LogP contribution < -0.4 is 10.1 Å². The summed E-state index contributed by atoms with van der Waals surface area (Å²) in [6, 6.07) is 14.4. The molecule has 6 nitrogen and oxygen atoms in total. The van der Waals surface area contributed by atoms with Gasteiger partial charge in [0.2, 0.25) is 0 Å². The molecule has 0 aromatic heterocycles. The summed E-state index contributed by atoms with van der Waals surface area (Å²) in [4.78, 5) is 27.1. The Balaban J connectivity index is 1.51. The van der Waals surface area contributed by atoms with E-state index in [2.05, 4.69) is 5.32 Å². The summed E-state index contributed by atoms with van der Waals surface area (Å²) in [6.07, 6.45) is 0.564. The average molecular weight is 352 g/mol. The van der Waals surface area contributed by atoms with Crippen molar-refractivity contribution >= 4 is 11.8 Å². The van der Waals surface area contributed by atoms with Crippen LogP contribution in [-0.4, -0.2) is 42.6 Å². The monoisotopic (exact) mass is 352 g/mol. The van der Waals surface area contributed by atoms with Crippen LogP contribution in [0.2, 0.25) is 0 Å². The van der Waals surface area contributed by atoms with Gasteiger partial charge in [-0.05, 0) is 35.9 Å². The Morgan fingerprint density at radius 3 is 2.73 bits per heavy atom. The minimum Gasteiger partial charge on any atom is -0.497 e. The number of hydrogen-bond donors (Lipinski definition) is 1. The third-order valence-corrected chi connectivity index (χ3v) is 4.96. The largest absolute Gasteiger partial charge is 0.497 e. The van der Waals surface area contributed by atoms with Gasteiger partial charge < -0.3 is 19.7 Å². The molecule has 2 aliphatic rings. The van der Waals surface area contributed by atoms with Crippen LogP contribution in [0, 0.1) is 0 Å². The Hall–Kier alpha value is -2.86. The second-order valence-corrected chi connectivity index (χ2v) is 6.60. The van der Waals surface area contributed by atoms with Gasteiger partial charge in [0.05, 0.1) is 20.3 Å². The van der Waals surface area contributed by atoms with Crippen molar-refractivity contribution in [1.82, 2.24) is 10.2 Å². The van der Waals surface area contributed by atoms with E-state index in [1.54, 1.807) is 42.3 Å². The van der Waals surface area contributed by atoms with Crippen molar-refractivity contribution in [2.45, 2.75) is 18.8 Å². The van der Waals surface area contributed by atoms with Crippen LogP contribution in [0.25, 0.3) is 0 Å². The molecule has 0 radical (unpaired) electrons. The van der Waals surface area contributed by atoms with Gasteiger partial charge in [-0.3, -0.25) is 9.59 Å². The van der Waals surface area contributed by atoms with Crippen molar-refractivity contribution in [2.24, 2.45) is 0 Å². The van der Waals surface area contributed by atoms with E-state index in [9.17, 15) is 9.59 Å². The van der Waals surface area contributed by atoms with E-state index in [0.29, 0.717) is 43.0 Å². The van der Waals surface area contributed by atoms with Crippen LogP contribution in [0.1, 0.15) is 32.7 Å². The second-order valence-electron chi connectivity index (χ2n) is 6.60. The Labute approximate surface area is 151 Å². The fourth-order valence-corrected chi connectivity index (χ4v) is 3.49. The van der Waals surface area contributed by atoms with Crippen molar-refractivity contribution < 1.29 is 19.1 Å². The van der Waals surface area contributed by atoms with Crippen LogP contribution in [0.4, 0.5) is 0 Å². The van der Waals surface area contributed by atoms with E-state index in [1.807, 2.05) is 18.2 Å². The molecular weight excluding hydrogens is 332 g/mol. The Morgan fingerprint density at radius 1 is 1.19 bits per heavy atom. The lowest BCUT2D eigenvalue weighted by molar-refractivity contribution is -0.0613. The summed E-state index contributed by atoms with van der Waals surface area (Å²) in [7, 11) is 1.59. The van der Waals surface area contributed by atoms with Crippen LogP contribution in [-0.2, 0) is 11.3 Å². The van der Waals surface area contributed by atoms with Crippen molar-refractivity contribution in [3.63, 3.8) is 0 Å². The molecule has 1 saturated heterocycles. The van der Waals surface area contributed by atoms with E-state index in [4.69, 9.17) is 9.47 Å². The zero-order valence-corrected chi connectivity index (χ0v) is 14.5. The van der Waals surface area contributed by atoms with E-state index in [0.717, 1.165) is 5.56 Å². The number of nitrogens with zero attached hydrogens (tertiary/aromatic N) is 1. The Kier molecular flexibility index (Phi) is 4.12. The van der Waals surface area contributed by atoms with E-state index in [-0.39, 0.29) is 11.8 Å². The van der Waals surface area contributed by atoms with Gasteiger partial charge in [0, 0.05) is 24.1 Å². The fraction of sp³-hybridized carbons (Fsp3) is 0.300. The minimum atomic E-state index is -0.835. The van der Waals surface area contributed by atoms with Crippen LogP contribution >= 0.6 is 0 Å². The lowest BCUT2D eigenvalue weighted by Crippen LogP contribution is -2.51. The summed E-state index contributed by atoms with van der Waals surface area (Å²) in [5, 5.41) is 2.99. The molecule has 2 heterocycles. The highest BCUT2D eigenvalue weighted by Gasteiger charge is 2.44. The Bertz CT molecular complexity index is 849. The van der Waals surface area contributed by atoms with Gasteiger partial charge >= 0.3 is 0 Å². The first kappa shape index (κ1) is 16.6. The van der Waals surface area contributed by atoms with Gasteiger partial charge in [0.25, 0.3) is 11.8 Å². The molecule has 1 fully saturated rings. The van der Waals surface area contributed by atoms with Gasteiger partial charge in [0.1, 0.15) is 5.75 Å². The molecule has 0 bridgehead atoms. The van der Waals surface area contributed by atoms with Crippen molar-refractivity contribution in [1.29, 1.82) is 0 Å². The lowest BCUT2D eigenvalue weighted by Gasteiger charge is -2.28. The van der Waals surface area contributed by atoms with E-state index in [1.165, 1.54) is 0 Å². The van der Waals surface area contributed by atoms with Crippen molar-refractivity contribution in [3.05, 3.63) is 65.2 Å². The summed E-state index contributed by atoms with van der Waals surface area (Å²) in [6.45, 7) is 1.21. The van der Waals surface area contributed by atoms with Gasteiger partial charge in [-0.25, -0.2) is 0 Å². The number of likely N-dealkylation sites (tertiary alicyclic amines) is 1. The van der Waals surface area contributed by atoms with Crippen LogP contribution in [0.15, 0.2) is 48.5 Å². The van der Waals surface area contributed by atoms with Crippen molar-refractivity contribution in [3.8, 4) is 5.75 Å². The number of benzene rings is 2. The standard InChI is InChI=1S/C20H20N2O4/c1-25-16-8-6-14(7-9-16)19(24)22-11-10-20(13-22)21-18(23)17-5-3-2-4-15(17)12-26-20/h2-9H,10-13H2,1H3,(H,21,23). The molecule has 1 unspecified atom stereocenters. The van der Waals surface area contributed by atoms with E-state index >= 15 is 0 Å². The zero-order valence-electron chi connectivity index (χ0n) is 14.5. The third kappa shape index (κ3) is 2.93. The molecule has 1 N–H and O–H groups in total. The topological polar surface area (TPSA) is 67.9 Å². The molecule has 134 valence electrons. The SMILES string of the molecule is COc1ccc(C(=O)N2CCC3(C2)NC(=O)c2ccccc2CO3)cc1. The lowest BCUT2D eigenvalue weighted by atomic mass is 10.1. The zero-order chi connectivity index (χ0) is 18.1. The van der Waals surface area contributed by atoms with Crippen LogP contribution in [0.3, 0.4) is 0 Å². The fourth-order valence-electron chi connectivity index (χ4n) is 3.49. The number of rotatable bonds is 2. The second kappa shape index (κ2) is 6.46. The maximum Gasteiger partial charge on any atom is 0.254 e. The molecule has 1 spiro atoms. The third-order valence-electron chi connectivity index (χ3n) is 4.96. The summed E-state index contributed by atoms with van der Waals surface area (Å²) in [5.74, 6) is 0.470. The van der Waals surface area contributed by atoms with Gasteiger partial charge in [0.15, 0.2) is 5.72 Å². The molecular formula is C20H20N2O4. The number of amides is 2. The first-order valence-corrected chi connectivity index (χ1v) is 8.58. The smallest absolute Gasteiger partial charge is 0.254 e. The normalized spacial score (nSPS) is 21.9. The maximum absolute atomic E-state index is 12.8. The number of methoxy groups -OCH3 is 1. The highest BCUT2D eigenvalue weighted by atomic mass is 16.5. The average Bonchev–Trinajstić information content (AvgIpc) is 3.04. The Morgan fingerprint density at radius 2 is 1.96 bits per heavy atom. The van der Waals surface area contributed by atoms with Gasteiger partial charge in [-0.15, -0.1) is 0 Å². The van der Waals surface area contributed by atoms with Crippen LogP contribution in [0.5, 0.6) is 5.75 Å². The van der Waals surface area contributed by atoms with Gasteiger partial charge in [-0.2, -0.15) is 0 Å². The number of carbonyl (C=O) groups excluding carboxylic acids is 2. The summed E-state index contributed by atoms with van der Waals surface area (Å²) >= 11 is 0. The maximum atomic E-state index is 12.8. The predicted molar refractivity (Wildman–Crippen MR) is 94.9 cm³/mol.